The highest BCUT2D eigenvalue weighted by Gasteiger charge is 2.35. The molecule has 0 saturated heterocycles. The van der Waals surface area contributed by atoms with Crippen molar-refractivity contribution in [3.05, 3.63) is 0 Å². The lowest BCUT2D eigenvalue weighted by atomic mass is 9.99. The van der Waals surface area contributed by atoms with Crippen LogP contribution in [0, 0.1) is 23.7 Å². The molecular weight excluding hydrogens is 790 g/mol. The fourth-order valence-corrected chi connectivity index (χ4v) is 5.84. The highest BCUT2D eigenvalue weighted by Crippen LogP contribution is 2.12. The van der Waals surface area contributed by atoms with Crippen LogP contribution in [0.25, 0.3) is 0 Å². The number of carboxylic acid groups (broad SMARTS) is 2. The number of aliphatic carboxylic acids is 2. The fraction of sp³-hybridized carbons (Fsp3) is 0.711. The number of hydrogen-bond acceptors (Lipinski definition) is 12. The van der Waals surface area contributed by atoms with E-state index in [2.05, 4.69) is 37.2 Å². The Morgan fingerprint density at radius 2 is 0.733 bits per heavy atom. The minimum absolute atomic E-state index is 0.00875. The Hall–Kier alpha value is -5.67. The molecule has 13 N–H and O–H groups in total. The summed E-state index contributed by atoms with van der Waals surface area (Å²) in [7, 11) is 0. The Morgan fingerprint density at radius 3 is 1.02 bits per heavy atom. The summed E-state index contributed by atoms with van der Waals surface area (Å²) in [6, 6.07) is -10.1. The standard InChI is InChI=1S/C38H65N9O13/c1-18(2)9-22(17-48)41-33(55)28(15-32(53)54)47-36(58)25(12-21(7)8)44-37(59)26(13-29(40)49)46-35(57)24(11-20(5)6)43-34(56)23(10-19(3)4)45-38(60)27(14-31(51)52)42-30(50)16-39/h17-28H,9-16,39H2,1-8H3,(H2,40,49)(H,41,55)(H,42,50)(H,43,56)(H,44,59)(H,45,60)(H,46,57)(H,47,58)(H,51,52)(H,53,54)/t22-,23-,24-,25-,26-,27-,28-/m0/s1. The molecule has 60 heavy (non-hydrogen) atoms. The zero-order chi connectivity index (χ0) is 46.4. The number of hydrogen-bond donors (Lipinski definition) is 11. The molecule has 22 nitrogen and oxygen atoms in total. The maximum atomic E-state index is 13.8. The molecule has 0 aromatic heterocycles. The molecule has 0 spiro atoms. The molecular formula is C38H65N9O13. The van der Waals surface area contributed by atoms with Gasteiger partial charge in [0.05, 0.1) is 31.8 Å². The lowest BCUT2D eigenvalue weighted by Crippen LogP contribution is -2.60. The zero-order valence-electron chi connectivity index (χ0n) is 35.6. The van der Waals surface area contributed by atoms with E-state index in [1.54, 1.807) is 55.4 Å². The molecule has 0 aliphatic rings. The summed E-state index contributed by atoms with van der Waals surface area (Å²) < 4.78 is 0. The Kier molecular flexibility index (Phi) is 24.6. The molecule has 0 fully saturated rings. The lowest BCUT2D eigenvalue weighted by Gasteiger charge is -2.28. The van der Waals surface area contributed by atoms with Crippen molar-refractivity contribution in [2.75, 3.05) is 6.54 Å². The van der Waals surface area contributed by atoms with E-state index in [9.17, 15) is 63.0 Å². The molecule has 0 aliphatic carbocycles. The van der Waals surface area contributed by atoms with E-state index in [0.717, 1.165) is 0 Å². The van der Waals surface area contributed by atoms with E-state index in [1.807, 2.05) is 0 Å². The van der Waals surface area contributed by atoms with Gasteiger partial charge in [-0.05, 0) is 49.4 Å². The Bertz CT molecular complexity index is 1540. The minimum Gasteiger partial charge on any atom is -0.481 e. The third kappa shape index (κ3) is 22.5. The highest BCUT2D eigenvalue weighted by atomic mass is 16.4. The van der Waals surface area contributed by atoms with Gasteiger partial charge < -0.3 is 63.7 Å². The van der Waals surface area contributed by atoms with Crippen LogP contribution in [0.15, 0.2) is 0 Å². The number of carbonyl (C=O) groups excluding carboxylic acids is 9. The fourth-order valence-electron chi connectivity index (χ4n) is 5.84. The monoisotopic (exact) mass is 855 g/mol. The van der Waals surface area contributed by atoms with Crippen LogP contribution >= 0.6 is 0 Å². The second kappa shape index (κ2) is 27.2. The van der Waals surface area contributed by atoms with Gasteiger partial charge >= 0.3 is 11.9 Å². The van der Waals surface area contributed by atoms with Gasteiger partial charge in [0.2, 0.25) is 47.3 Å². The van der Waals surface area contributed by atoms with Gasteiger partial charge in [0, 0.05) is 0 Å². The zero-order valence-corrected chi connectivity index (χ0v) is 35.6. The van der Waals surface area contributed by atoms with Crippen molar-refractivity contribution in [3.63, 3.8) is 0 Å². The number of rotatable bonds is 29. The summed E-state index contributed by atoms with van der Waals surface area (Å²) >= 11 is 0. The molecule has 7 atom stereocenters. The molecule has 340 valence electrons. The van der Waals surface area contributed by atoms with Crippen LogP contribution in [0.5, 0.6) is 0 Å². The highest BCUT2D eigenvalue weighted by molar-refractivity contribution is 5.99. The first-order chi connectivity index (χ1) is 27.8. The number of aldehydes is 1. The average Bonchev–Trinajstić information content (AvgIpc) is 3.11. The molecule has 0 heterocycles. The second-order valence-electron chi connectivity index (χ2n) is 16.3. The number of nitrogens with two attached hydrogens (primary N) is 2. The maximum Gasteiger partial charge on any atom is 0.305 e. The van der Waals surface area contributed by atoms with E-state index in [-0.39, 0.29) is 49.4 Å². The maximum absolute atomic E-state index is 13.8. The van der Waals surface area contributed by atoms with Crippen molar-refractivity contribution >= 4 is 65.5 Å². The summed E-state index contributed by atoms with van der Waals surface area (Å²) in [4.78, 5) is 140. The van der Waals surface area contributed by atoms with Crippen LogP contribution < -0.4 is 48.7 Å². The van der Waals surface area contributed by atoms with E-state index >= 15 is 0 Å². The van der Waals surface area contributed by atoms with Crippen molar-refractivity contribution in [1.29, 1.82) is 0 Å². The first-order valence-electron chi connectivity index (χ1n) is 19.8. The molecule has 0 saturated carbocycles. The molecule has 0 aromatic rings. The largest absolute Gasteiger partial charge is 0.481 e. The second-order valence-corrected chi connectivity index (χ2v) is 16.3. The normalized spacial score (nSPS) is 14.7. The minimum atomic E-state index is -1.71. The van der Waals surface area contributed by atoms with Gasteiger partial charge in [0.1, 0.15) is 42.5 Å². The van der Waals surface area contributed by atoms with E-state index in [1.165, 1.54) is 0 Å². The summed E-state index contributed by atoms with van der Waals surface area (Å²) in [5.74, 6) is -11.3. The lowest BCUT2D eigenvalue weighted by molar-refractivity contribution is -0.142. The average molecular weight is 856 g/mol. The molecule has 0 aromatic carbocycles. The van der Waals surface area contributed by atoms with Gasteiger partial charge in [-0.1, -0.05) is 55.4 Å². The summed E-state index contributed by atoms with van der Waals surface area (Å²) in [6.45, 7) is 13.4. The number of nitrogens with one attached hydrogen (secondary N) is 7. The number of amides is 8. The van der Waals surface area contributed by atoms with E-state index in [4.69, 9.17) is 11.5 Å². The van der Waals surface area contributed by atoms with Gasteiger partial charge in [-0.3, -0.25) is 47.9 Å². The van der Waals surface area contributed by atoms with E-state index < -0.39 is 127 Å². The molecule has 0 unspecified atom stereocenters. The summed E-state index contributed by atoms with van der Waals surface area (Å²) in [6.07, 6.45) is -1.81. The smallest absolute Gasteiger partial charge is 0.305 e. The van der Waals surface area contributed by atoms with Gasteiger partial charge in [-0.15, -0.1) is 0 Å². The van der Waals surface area contributed by atoms with Crippen LogP contribution in [0.4, 0.5) is 0 Å². The van der Waals surface area contributed by atoms with Gasteiger partial charge in [-0.2, -0.15) is 0 Å². The third-order valence-electron chi connectivity index (χ3n) is 8.50. The molecule has 0 aliphatic heterocycles. The summed E-state index contributed by atoms with van der Waals surface area (Å²) in [5.41, 5.74) is 10.7. The predicted molar refractivity (Wildman–Crippen MR) is 215 cm³/mol. The third-order valence-corrected chi connectivity index (χ3v) is 8.50. The van der Waals surface area contributed by atoms with Crippen LogP contribution in [0.2, 0.25) is 0 Å². The van der Waals surface area contributed by atoms with Crippen LogP contribution in [0.1, 0.15) is 100 Å². The summed E-state index contributed by atoms with van der Waals surface area (Å²) in [5, 5.41) is 35.4. The van der Waals surface area contributed by atoms with Crippen LogP contribution in [-0.4, -0.2) is 125 Å². The number of carboxylic acids is 2. The number of carbonyl (C=O) groups is 11. The molecule has 0 radical (unpaired) electrons. The van der Waals surface area contributed by atoms with Gasteiger partial charge in [-0.25, -0.2) is 0 Å². The van der Waals surface area contributed by atoms with Crippen molar-refractivity contribution in [1.82, 2.24) is 37.2 Å². The Morgan fingerprint density at radius 1 is 0.450 bits per heavy atom. The van der Waals surface area contributed by atoms with Crippen molar-refractivity contribution in [2.45, 2.75) is 143 Å². The first kappa shape index (κ1) is 54.3. The van der Waals surface area contributed by atoms with Gasteiger partial charge in [0.25, 0.3) is 0 Å². The van der Waals surface area contributed by atoms with Crippen molar-refractivity contribution < 1.29 is 63.0 Å². The molecule has 0 rings (SSSR count). The van der Waals surface area contributed by atoms with E-state index in [0.29, 0.717) is 6.29 Å². The van der Waals surface area contributed by atoms with Gasteiger partial charge in [0.15, 0.2) is 0 Å². The SMILES string of the molecule is CC(C)C[C@@H](C=O)NC(=O)[C@H](CC(=O)O)NC(=O)[C@H](CC(C)C)NC(=O)[C@H](CC(N)=O)NC(=O)[C@H](CC(C)C)NC(=O)[C@H](CC(C)C)NC(=O)[C@H](CC(=O)O)NC(=O)CN. The number of primary amides is 1. The van der Waals surface area contributed by atoms with Crippen LogP contribution in [-0.2, 0) is 52.7 Å². The molecule has 0 bridgehead atoms. The van der Waals surface area contributed by atoms with Crippen LogP contribution in [0.3, 0.4) is 0 Å². The predicted octanol–water partition coefficient (Wildman–Crippen LogP) is -2.45. The Balaban J connectivity index is 6.46. The molecule has 22 heteroatoms. The van der Waals surface area contributed by atoms with Crippen molar-refractivity contribution in [2.24, 2.45) is 35.1 Å². The molecule has 8 amide bonds. The Labute approximate surface area is 349 Å². The first-order valence-corrected chi connectivity index (χ1v) is 19.8. The van der Waals surface area contributed by atoms with Crippen molar-refractivity contribution in [3.8, 4) is 0 Å². The topological polar surface area (TPSA) is 364 Å². The quantitative estimate of drug-likeness (QED) is 0.0348.